The summed E-state index contributed by atoms with van der Waals surface area (Å²) >= 11 is 0. The smallest absolute Gasteiger partial charge is 0.224 e. The van der Waals surface area contributed by atoms with Gasteiger partial charge in [-0.25, -0.2) is 0 Å². The van der Waals surface area contributed by atoms with Gasteiger partial charge in [-0.2, -0.15) is 0 Å². The summed E-state index contributed by atoms with van der Waals surface area (Å²) in [6.07, 6.45) is 2.82. The van der Waals surface area contributed by atoms with Gasteiger partial charge in [-0.05, 0) is 19.3 Å². The fourth-order valence-electron chi connectivity index (χ4n) is 2.28. The normalized spacial score (nSPS) is 21.5. The Morgan fingerprint density at radius 3 is 2.83 bits per heavy atom. The molecule has 2 unspecified atom stereocenters. The van der Waals surface area contributed by atoms with Gasteiger partial charge in [0.05, 0.1) is 12.0 Å². The summed E-state index contributed by atoms with van der Waals surface area (Å²) in [5.74, 6) is -0.147. The quantitative estimate of drug-likeness (QED) is 0.753. The van der Waals surface area contributed by atoms with Gasteiger partial charge in [-0.15, -0.1) is 0 Å². The van der Waals surface area contributed by atoms with Crippen molar-refractivity contribution in [3.63, 3.8) is 0 Å². The van der Waals surface area contributed by atoms with Crippen molar-refractivity contribution in [2.24, 2.45) is 5.92 Å². The summed E-state index contributed by atoms with van der Waals surface area (Å²) in [5, 5.41) is 12.3. The van der Waals surface area contributed by atoms with Gasteiger partial charge in [-0.1, -0.05) is 13.3 Å². The zero-order chi connectivity index (χ0) is 13.5. The summed E-state index contributed by atoms with van der Waals surface area (Å²) in [4.78, 5) is 24.9. The maximum atomic E-state index is 11.9. The Morgan fingerprint density at radius 1 is 1.50 bits per heavy atom. The second-order valence-corrected chi connectivity index (χ2v) is 4.99. The van der Waals surface area contributed by atoms with Crippen molar-refractivity contribution in [2.75, 3.05) is 19.6 Å². The van der Waals surface area contributed by atoms with Gasteiger partial charge in [0, 0.05) is 26.6 Å². The Kier molecular flexibility index (Phi) is 6.12. The molecule has 0 bridgehead atoms. The molecule has 2 N–H and O–H groups in total. The Hall–Kier alpha value is -1.10. The lowest BCUT2D eigenvalue weighted by Crippen LogP contribution is -2.46. The molecule has 0 aromatic heterocycles. The molecule has 5 heteroatoms. The van der Waals surface area contributed by atoms with Crippen LogP contribution < -0.4 is 5.32 Å². The van der Waals surface area contributed by atoms with Crippen LogP contribution in [0.5, 0.6) is 0 Å². The zero-order valence-corrected chi connectivity index (χ0v) is 11.3. The number of likely N-dealkylation sites (tertiary alicyclic amines) is 1. The highest BCUT2D eigenvalue weighted by atomic mass is 16.3. The van der Waals surface area contributed by atoms with Crippen molar-refractivity contribution in [3.8, 4) is 0 Å². The lowest BCUT2D eigenvalue weighted by molar-refractivity contribution is -0.134. The van der Waals surface area contributed by atoms with Crippen molar-refractivity contribution in [2.45, 2.75) is 45.6 Å². The number of hydrogen-bond donors (Lipinski definition) is 2. The molecule has 1 rings (SSSR count). The molecule has 5 nitrogen and oxygen atoms in total. The van der Waals surface area contributed by atoms with Gasteiger partial charge in [-0.3, -0.25) is 9.59 Å². The number of aliphatic hydroxyl groups excluding tert-OH is 1. The van der Waals surface area contributed by atoms with E-state index in [1.165, 1.54) is 6.92 Å². The van der Waals surface area contributed by atoms with E-state index in [9.17, 15) is 14.7 Å². The zero-order valence-electron chi connectivity index (χ0n) is 11.3. The lowest BCUT2D eigenvalue weighted by Gasteiger charge is -2.31. The molecule has 0 aromatic carbocycles. The average molecular weight is 256 g/mol. The number of amides is 2. The second kappa shape index (κ2) is 7.36. The van der Waals surface area contributed by atoms with E-state index in [0.29, 0.717) is 19.5 Å². The number of carbonyl (C=O) groups is 2. The molecule has 0 saturated carbocycles. The molecule has 104 valence electrons. The van der Waals surface area contributed by atoms with Gasteiger partial charge in [0.25, 0.3) is 0 Å². The van der Waals surface area contributed by atoms with Crippen LogP contribution in [-0.2, 0) is 9.59 Å². The van der Waals surface area contributed by atoms with Crippen LogP contribution in [0.4, 0.5) is 0 Å². The number of aliphatic hydroxyl groups is 1. The maximum absolute atomic E-state index is 11.9. The predicted molar refractivity (Wildman–Crippen MR) is 68.9 cm³/mol. The molecule has 0 spiro atoms. The van der Waals surface area contributed by atoms with Crippen LogP contribution in [0.3, 0.4) is 0 Å². The van der Waals surface area contributed by atoms with Crippen LogP contribution in [0, 0.1) is 5.92 Å². The standard InChI is InChI=1S/C13H24N2O3/c1-3-5-12(17)8-14-13(18)11-6-4-7-15(9-11)10(2)16/h11-12,17H,3-9H2,1-2H3,(H,14,18). The Bertz CT molecular complexity index is 294. The van der Waals surface area contributed by atoms with Crippen molar-refractivity contribution in [3.05, 3.63) is 0 Å². The molecular weight excluding hydrogens is 232 g/mol. The molecule has 1 aliphatic rings. The lowest BCUT2D eigenvalue weighted by atomic mass is 9.97. The molecule has 0 aliphatic carbocycles. The van der Waals surface area contributed by atoms with E-state index in [1.807, 2.05) is 6.92 Å². The summed E-state index contributed by atoms with van der Waals surface area (Å²) in [6, 6.07) is 0. The van der Waals surface area contributed by atoms with Gasteiger partial charge in [0.1, 0.15) is 0 Å². The fourth-order valence-corrected chi connectivity index (χ4v) is 2.28. The minimum absolute atomic E-state index is 0.0264. The molecule has 1 saturated heterocycles. The first-order valence-corrected chi connectivity index (χ1v) is 6.75. The third-order valence-corrected chi connectivity index (χ3v) is 3.37. The van der Waals surface area contributed by atoms with Crippen molar-refractivity contribution >= 4 is 11.8 Å². The first kappa shape index (κ1) is 15.0. The minimum Gasteiger partial charge on any atom is -0.391 e. The van der Waals surface area contributed by atoms with Crippen LogP contribution in [0.1, 0.15) is 39.5 Å². The number of carbonyl (C=O) groups excluding carboxylic acids is 2. The van der Waals surface area contributed by atoms with Crippen LogP contribution in [0.15, 0.2) is 0 Å². The molecule has 0 aromatic rings. The van der Waals surface area contributed by atoms with Gasteiger partial charge >= 0.3 is 0 Å². The number of nitrogens with one attached hydrogen (secondary N) is 1. The van der Waals surface area contributed by atoms with E-state index in [4.69, 9.17) is 0 Å². The molecule has 0 radical (unpaired) electrons. The van der Waals surface area contributed by atoms with Gasteiger partial charge < -0.3 is 15.3 Å². The van der Waals surface area contributed by atoms with E-state index in [1.54, 1.807) is 4.90 Å². The first-order valence-electron chi connectivity index (χ1n) is 6.75. The summed E-state index contributed by atoms with van der Waals surface area (Å²) < 4.78 is 0. The number of hydrogen-bond acceptors (Lipinski definition) is 3. The summed E-state index contributed by atoms with van der Waals surface area (Å²) in [5.41, 5.74) is 0. The second-order valence-electron chi connectivity index (χ2n) is 4.99. The monoisotopic (exact) mass is 256 g/mol. The molecule has 1 fully saturated rings. The largest absolute Gasteiger partial charge is 0.391 e. The number of nitrogens with zero attached hydrogens (tertiary/aromatic N) is 1. The molecule has 2 atom stereocenters. The molecule has 18 heavy (non-hydrogen) atoms. The summed E-state index contributed by atoms with van der Waals surface area (Å²) in [7, 11) is 0. The van der Waals surface area contributed by atoms with Gasteiger partial charge in [0.15, 0.2) is 0 Å². The fraction of sp³-hybridized carbons (Fsp3) is 0.846. The third-order valence-electron chi connectivity index (χ3n) is 3.37. The Balaban J connectivity index is 2.34. The van der Waals surface area contributed by atoms with Crippen LogP contribution in [-0.4, -0.2) is 47.6 Å². The molecule has 1 aliphatic heterocycles. The highest BCUT2D eigenvalue weighted by Crippen LogP contribution is 2.16. The van der Waals surface area contributed by atoms with E-state index >= 15 is 0 Å². The van der Waals surface area contributed by atoms with E-state index in [2.05, 4.69) is 5.32 Å². The maximum Gasteiger partial charge on any atom is 0.224 e. The highest BCUT2D eigenvalue weighted by Gasteiger charge is 2.26. The van der Waals surface area contributed by atoms with E-state index < -0.39 is 6.10 Å². The van der Waals surface area contributed by atoms with Crippen LogP contribution in [0.2, 0.25) is 0 Å². The van der Waals surface area contributed by atoms with Crippen molar-refractivity contribution in [1.82, 2.24) is 10.2 Å². The molecular formula is C13H24N2O3. The minimum atomic E-state index is -0.466. The van der Waals surface area contributed by atoms with Crippen LogP contribution in [0.25, 0.3) is 0 Å². The SMILES string of the molecule is CCCC(O)CNC(=O)C1CCCN(C(C)=O)C1. The van der Waals surface area contributed by atoms with Crippen molar-refractivity contribution < 1.29 is 14.7 Å². The third kappa shape index (κ3) is 4.64. The van der Waals surface area contributed by atoms with E-state index in [0.717, 1.165) is 25.8 Å². The Labute approximate surface area is 109 Å². The van der Waals surface area contributed by atoms with Gasteiger partial charge in [0.2, 0.25) is 11.8 Å². The average Bonchev–Trinajstić information content (AvgIpc) is 2.36. The van der Waals surface area contributed by atoms with Crippen LogP contribution >= 0.6 is 0 Å². The number of piperidine rings is 1. The molecule has 1 heterocycles. The summed E-state index contributed by atoms with van der Waals surface area (Å²) in [6.45, 7) is 5.09. The topological polar surface area (TPSA) is 69.6 Å². The van der Waals surface area contributed by atoms with E-state index in [-0.39, 0.29) is 17.7 Å². The molecule has 2 amide bonds. The number of rotatable bonds is 5. The first-order chi connectivity index (χ1) is 8.54. The predicted octanol–water partition coefficient (Wildman–Crippen LogP) is 0.522. The Morgan fingerprint density at radius 2 is 2.22 bits per heavy atom. The van der Waals surface area contributed by atoms with Crippen molar-refractivity contribution in [1.29, 1.82) is 0 Å². The highest BCUT2D eigenvalue weighted by molar-refractivity contribution is 5.80.